The number of rotatable bonds is 10. The van der Waals surface area contributed by atoms with E-state index in [0.29, 0.717) is 18.8 Å². The maximum Gasteiger partial charge on any atom is 0.332 e. The third-order valence-electron chi connectivity index (χ3n) is 5.19. The maximum atomic E-state index is 12.7. The van der Waals surface area contributed by atoms with Gasteiger partial charge in [-0.25, -0.2) is 4.79 Å². The monoisotopic (exact) mass is 465 g/mol. The summed E-state index contributed by atoms with van der Waals surface area (Å²) >= 11 is 0. The molecule has 0 amide bonds. The number of aryl methyl sites for hydroxylation is 1. The zero-order chi connectivity index (χ0) is 24.7. The van der Waals surface area contributed by atoms with Crippen LogP contribution in [0.2, 0.25) is 0 Å². The molecule has 0 radical (unpaired) electrons. The van der Waals surface area contributed by atoms with E-state index in [0.717, 1.165) is 20.3 Å². The van der Waals surface area contributed by atoms with E-state index in [1.54, 1.807) is 24.3 Å². The fraction of sp³-hybridized carbons (Fsp3) is 0.280. The van der Waals surface area contributed by atoms with Crippen LogP contribution in [-0.2, 0) is 23.1 Å². The molecule has 9 nitrogen and oxygen atoms in total. The molecule has 0 unspecified atom stereocenters. The first-order chi connectivity index (χ1) is 16.3. The normalized spacial score (nSPS) is 10.6. The molecule has 9 heteroatoms. The van der Waals surface area contributed by atoms with Gasteiger partial charge in [-0.3, -0.25) is 23.5 Å². The van der Waals surface area contributed by atoms with Crippen LogP contribution in [0.3, 0.4) is 0 Å². The number of carbonyl (C=O) groups excluding carboxylic acids is 2. The molecule has 2 N–H and O–H groups in total. The van der Waals surface area contributed by atoms with Gasteiger partial charge in [0, 0.05) is 13.5 Å². The Kier molecular flexibility index (Phi) is 8.02. The number of nitrogens with zero attached hydrogens (tertiary/aromatic N) is 2. The molecule has 0 spiro atoms. The summed E-state index contributed by atoms with van der Waals surface area (Å²) in [4.78, 5) is 49.9. The molecule has 0 saturated heterocycles. The number of hydrogen-bond acceptors (Lipinski definition) is 7. The highest BCUT2D eigenvalue weighted by atomic mass is 16.5. The summed E-state index contributed by atoms with van der Waals surface area (Å²) in [6.07, 6.45) is 0.437. The van der Waals surface area contributed by atoms with Gasteiger partial charge >= 0.3 is 11.7 Å². The fourth-order valence-corrected chi connectivity index (χ4v) is 3.37. The molecule has 0 bridgehead atoms. The molecule has 2 aromatic carbocycles. The van der Waals surface area contributed by atoms with Crippen molar-refractivity contribution in [1.82, 2.24) is 9.13 Å². The number of esters is 1. The van der Waals surface area contributed by atoms with Gasteiger partial charge in [0.1, 0.15) is 17.1 Å². The Morgan fingerprint density at radius 3 is 2.47 bits per heavy atom. The Morgan fingerprint density at radius 2 is 1.76 bits per heavy atom. The molecule has 0 aliphatic heterocycles. The number of anilines is 1. The lowest BCUT2D eigenvalue weighted by Gasteiger charge is -2.14. The third-order valence-corrected chi connectivity index (χ3v) is 5.19. The van der Waals surface area contributed by atoms with E-state index in [1.807, 2.05) is 37.3 Å². The first-order valence-corrected chi connectivity index (χ1v) is 10.8. The second-order valence-corrected chi connectivity index (χ2v) is 7.83. The molecule has 0 fully saturated rings. The van der Waals surface area contributed by atoms with Gasteiger partial charge in [0.05, 0.1) is 13.2 Å². The van der Waals surface area contributed by atoms with E-state index >= 15 is 0 Å². The van der Waals surface area contributed by atoms with Gasteiger partial charge in [0.15, 0.2) is 6.61 Å². The molecular weight excluding hydrogens is 438 g/mol. The van der Waals surface area contributed by atoms with Crippen LogP contribution < -0.4 is 21.7 Å². The summed E-state index contributed by atoms with van der Waals surface area (Å²) < 4.78 is 12.6. The van der Waals surface area contributed by atoms with Crippen molar-refractivity contribution in [3.8, 4) is 5.75 Å². The van der Waals surface area contributed by atoms with Crippen LogP contribution in [0.25, 0.3) is 0 Å². The molecule has 3 rings (SSSR count). The number of carbonyl (C=O) groups is 2. The molecular formula is C25H27N3O6. The van der Waals surface area contributed by atoms with Crippen LogP contribution in [0.4, 0.5) is 5.82 Å². The highest BCUT2D eigenvalue weighted by Crippen LogP contribution is 2.13. The second-order valence-electron chi connectivity index (χ2n) is 7.83. The van der Waals surface area contributed by atoms with Crippen molar-refractivity contribution in [2.45, 2.75) is 26.3 Å². The topological polar surface area (TPSA) is 123 Å². The Balaban J connectivity index is 1.61. The lowest BCUT2D eigenvalue weighted by molar-refractivity contribution is -0.142. The van der Waals surface area contributed by atoms with Crippen molar-refractivity contribution in [1.29, 1.82) is 0 Å². The van der Waals surface area contributed by atoms with Gasteiger partial charge in [-0.05, 0) is 36.6 Å². The summed E-state index contributed by atoms with van der Waals surface area (Å²) in [5.74, 6) is -0.927. The largest absolute Gasteiger partial charge is 0.494 e. The number of nitrogens with two attached hydrogens (primary N) is 1. The Morgan fingerprint density at radius 1 is 1.03 bits per heavy atom. The number of ether oxygens (including phenoxy) is 2. The minimum absolute atomic E-state index is 0.0418. The molecule has 0 aliphatic rings. The van der Waals surface area contributed by atoms with Crippen LogP contribution in [-0.4, -0.2) is 34.1 Å². The Hall–Kier alpha value is -4.14. The molecule has 178 valence electrons. The van der Waals surface area contributed by atoms with Gasteiger partial charge in [0.25, 0.3) is 5.56 Å². The third kappa shape index (κ3) is 6.00. The molecule has 0 saturated carbocycles. The highest BCUT2D eigenvalue weighted by molar-refractivity contribution is 6.01. The lowest BCUT2D eigenvalue weighted by Crippen LogP contribution is -2.43. The van der Waals surface area contributed by atoms with Crippen LogP contribution in [0, 0.1) is 6.92 Å². The molecule has 34 heavy (non-hydrogen) atoms. The summed E-state index contributed by atoms with van der Waals surface area (Å²) in [5.41, 5.74) is 6.02. The predicted octanol–water partition coefficient (Wildman–Crippen LogP) is 2.07. The lowest BCUT2D eigenvalue weighted by atomic mass is 10.2. The van der Waals surface area contributed by atoms with Gasteiger partial charge < -0.3 is 15.2 Å². The average Bonchev–Trinajstić information content (AvgIpc) is 2.83. The van der Waals surface area contributed by atoms with Crippen molar-refractivity contribution in [2.24, 2.45) is 7.05 Å². The minimum Gasteiger partial charge on any atom is -0.494 e. The summed E-state index contributed by atoms with van der Waals surface area (Å²) in [5, 5.41) is 0. The minimum atomic E-state index is -0.834. The SMILES string of the molecule is Cc1cccc(OCCCC(=O)OCC(=O)c2c(N)n(Cc3ccccc3)c(=O)n(C)c2=O)c1. The number of nitrogen functional groups attached to an aromatic ring is 1. The van der Waals surface area contributed by atoms with Crippen molar-refractivity contribution in [3.05, 3.63) is 92.1 Å². The Bertz CT molecular complexity index is 1290. The standard InChI is InChI=1S/C25H27N3O6/c1-17-8-6-11-19(14-17)33-13-7-12-21(30)34-16-20(29)22-23(26)28(25(32)27(2)24(22)31)15-18-9-4-3-5-10-18/h3-6,8-11,14H,7,12-13,15-16,26H2,1-2H3. The molecule has 3 aromatic rings. The molecule has 0 atom stereocenters. The first kappa shape index (κ1) is 24.5. The van der Waals surface area contributed by atoms with Gasteiger partial charge in [-0.15, -0.1) is 0 Å². The Labute approximate surface area is 196 Å². The number of aromatic nitrogens is 2. The van der Waals surface area contributed by atoms with Crippen LogP contribution in [0.5, 0.6) is 5.75 Å². The van der Waals surface area contributed by atoms with Crippen molar-refractivity contribution < 1.29 is 19.1 Å². The highest BCUT2D eigenvalue weighted by Gasteiger charge is 2.22. The van der Waals surface area contributed by atoms with Crippen LogP contribution >= 0.6 is 0 Å². The van der Waals surface area contributed by atoms with Gasteiger partial charge in [0.2, 0.25) is 5.78 Å². The van der Waals surface area contributed by atoms with E-state index < -0.39 is 29.6 Å². The number of hydrogen-bond donors (Lipinski definition) is 1. The van der Waals surface area contributed by atoms with Crippen LogP contribution in [0.1, 0.15) is 34.3 Å². The van der Waals surface area contributed by atoms with E-state index in [4.69, 9.17) is 15.2 Å². The molecule has 0 aliphatic carbocycles. The van der Waals surface area contributed by atoms with Crippen molar-refractivity contribution in [2.75, 3.05) is 18.9 Å². The van der Waals surface area contributed by atoms with E-state index in [9.17, 15) is 19.2 Å². The van der Waals surface area contributed by atoms with Crippen LogP contribution in [0.15, 0.2) is 64.2 Å². The maximum absolute atomic E-state index is 12.7. The average molecular weight is 466 g/mol. The summed E-state index contributed by atoms with van der Waals surface area (Å²) in [6, 6.07) is 16.6. The van der Waals surface area contributed by atoms with Crippen molar-refractivity contribution in [3.63, 3.8) is 0 Å². The number of ketones is 1. The van der Waals surface area contributed by atoms with E-state index in [1.165, 1.54) is 7.05 Å². The second kappa shape index (κ2) is 11.1. The number of benzene rings is 2. The van der Waals surface area contributed by atoms with E-state index in [2.05, 4.69) is 0 Å². The predicted molar refractivity (Wildman–Crippen MR) is 127 cm³/mol. The quantitative estimate of drug-likeness (QED) is 0.276. The molecule has 1 aromatic heterocycles. The molecule has 1 heterocycles. The van der Waals surface area contributed by atoms with Crippen molar-refractivity contribution >= 4 is 17.6 Å². The zero-order valence-electron chi connectivity index (χ0n) is 19.2. The zero-order valence-corrected chi connectivity index (χ0v) is 19.2. The van der Waals surface area contributed by atoms with E-state index in [-0.39, 0.29) is 24.3 Å². The fourth-order valence-electron chi connectivity index (χ4n) is 3.37. The van der Waals surface area contributed by atoms with Gasteiger partial charge in [-0.2, -0.15) is 0 Å². The smallest absolute Gasteiger partial charge is 0.332 e. The number of Topliss-reactive ketones (excluding diaryl/α,β-unsaturated/α-hetero) is 1. The summed E-state index contributed by atoms with van der Waals surface area (Å²) in [7, 11) is 1.27. The summed E-state index contributed by atoms with van der Waals surface area (Å²) in [6.45, 7) is 1.70. The first-order valence-electron chi connectivity index (χ1n) is 10.8. The van der Waals surface area contributed by atoms with Gasteiger partial charge in [-0.1, -0.05) is 42.5 Å².